The number of benzene rings is 2. The van der Waals surface area contributed by atoms with Crippen molar-refractivity contribution in [2.75, 3.05) is 0 Å². The maximum absolute atomic E-state index is 2.36. The number of hydrogen-bond donors (Lipinski definition) is 0. The van der Waals surface area contributed by atoms with Crippen molar-refractivity contribution in [2.24, 2.45) is 0 Å². The molecule has 0 atom stereocenters. The molecule has 2 aromatic rings. The first-order chi connectivity index (χ1) is 9.43. The van der Waals surface area contributed by atoms with Gasteiger partial charge in [-0.05, 0) is 0 Å². The fourth-order valence-corrected chi connectivity index (χ4v) is 7.02. The van der Waals surface area contributed by atoms with Crippen LogP contribution in [0, 0.1) is 0 Å². The van der Waals surface area contributed by atoms with Gasteiger partial charge in [-0.15, -0.1) is 24.8 Å². The van der Waals surface area contributed by atoms with E-state index in [0.29, 0.717) is 3.63 Å². The van der Waals surface area contributed by atoms with Gasteiger partial charge in [0.05, 0.1) is 0 Å². The zero-order valence-corrected chi connectivity index (χ0v) is 15.5. The van der Waals surface area contributed by atoms with Crippen molar-refractivity contribution in [3.63, 3.8) is 0 Å². The van der Waals surface area contributed by atoms with Gasteiger partial charge in [-0.25, -0.2) is 0 Å². The molecule has 0 spiro atoms. The standard InChI is InChI=1S/C13H9.C5H5.2ClH.Zr/c1-3-7-12-10(5-1)9-11-6-2-4-8-13(11)12;1-2-4-5-3-1;;;/h1-9H;1-3H,4H2;2*1H;. The second-order valence-electron chi connectivity index (χ2n) is 5.08. The number of fused-ring (bicyclic) bond motifs is 3. The van der Waals surface area contributed by atoms with Crippen molar-refractivity contribution in [1.82, 2.24) is 0 Å². The Kier molecular flexibility index (Phi) is 5.66. The maximum atomic E-state index is 2.36. The van der Waals surface area contributed by atoms with Crippen LogP contribution in [0.3, 0.4) is 0 Å². The van der Waals surface area contributed by atoms with Gasteiger partial charge in [-0.3, -0.25) is 0 Å². The van der Waals surface area contributed by atoms with Crippen molar-refractivity contribution in [3.05, 3.63) is 81.2 Å². The molecule has 0 saturated carbocycles. The SMILES string of the molecule is C1=CC[C]([Zr][CH]2c3ccccc3-c3ccccc32)=C1.Cl.Cl. The quantitative estimate of drug-likeness (QED) is 0.629. The maximum Gasteiger partial charge on any atom is -0.147 e. The van der Waals surface area contributed by atoms with E-state index in [1.54, 1.807) is 14.4 Å². The van der Waals surface area contributed by atoms with E-state index in [-0.39, 0.29) is 24.8 Å². The van der Waals surface area contributed by atoms with Gasteiger partial charge in [0.2, 0.25) is 0 Å². The number of hydrogen-bond acceptors (Lipinski definition) is 0. The van der Waals surface area contributed by atoms with Gasteiger partial charge in [-0.1, -0.05) is 0 Å². The molecule has 0 aliphatic heterocycles. The first-order valence-electron chi connectivity index (χ1n) is 6.74. The first kappa shape index (κ1) is 16.7. The Bertz CT molecular complexity index is 658. The Labute approximate surface area is 149 Å². The van der Waals surface area contributed by atoms with Gasteiger partial charge in [-0.2, -0.15) is 0 Å². The predicted molar refractivity (Wildman–Crippen MR) is 90.1 cm³/mol. The summed E-state index contributed by atoms with van der Waals surface area (Å²) >= 11 is -0.570. The van der Waals surface area contributed by atoms with Crippen LogP contribution in [0.2, 0.25) is 0 Å². The van der Waals surface area contributed by atoms with E-state index in [4.69, 9.17) is 0 Å². The number of rotatable bonds is 2. The number of halogens is 2. The summed E-state index contributed by atoms with van der Waals surface area (Å²) in [6, 6.07) is 18.0. The molecule has 4 rings (SSSR count). The average Bonchev–Trinajstić information content (AvgIpc) is 3.08. The Hall–Kier alpha value is -0.617. The molecule has 0 nitrogen and oxygen atoms in total. The van der Waals surface area contributed by atoms with Crippen LogP contribution in [0.1, 0.15) is 21.2 Å². The van der Waals surface area contributed by atoms with E-state index in [1.807, 2.05) is 0 Å². The fraction of sp³-hybridized carbons (Fsp3) is 0.111. The molecular weight excluding hydrogens is 378 g/mol. The smallest absolute Gasteiger partial charge is 0.147 e. The van der Waals surface area contributed by atoms with E-state index < -0.39 is 23.2 Å². The summed E-state index contributed by atoms with van der Waals surface area (Å²) in [5.74, 6) is 0. The summed E-state index contributed by atoms with van der Waals surface area (Å²) in [6.45, 7) is 0. The van der Waals surface area contributed by atoms with Crippen LogP contribution < -0.4 is 0 Å². The second-order valence-corrected chi connectivity index (χ2v) is 8.78. The van der Waals surface area contributed by atoms with Gasteiger partial charge in [0, 0.05) is 0 Å². The Balaban J connectivity index is 0.000000807. The summed E-state index contributed by atoms with van der Waals surface area (Å²) in [5.41, 5.74) is 6.08. The van der Waals surface area contributed by atoms with Crippen molar-refractivity contribution in [2.45, 2.75) is 10.0 Å². The van der Waals surface area contributed by atoms with E-state index in [0.717, 1.165) is 0 Å². The molecular formula is C18H16Cl2Zr. The van der Waals surface area contributed by atoms with Crippen molar-refractivity contribution in [3.8, 4) is 11.1 Å². The zero-order valence-electron chi connectivity index (χ0n) is 11.5. The van der Waals surface area contributed by atoms with Gasteiger partial charge < -0.3 is 0 Å². The Morgan fingerprint density at radius 1 is 0.810 bits per heavy atom. The largest absolute Gasteiger partial charge is 0.147 e. The molecule has 0 N–H and O–H groups in total. The van der Waals surface area contributed by atoms with Crippen LogP contribution in [-0.4, -0.2) is 0 Å². The molecule has 0 unspecified atom stereocenters. The summed E-state index contributed by atoms with van der Waals surface area (Å²) in [7, 11) is 0. The van der Waals surface area contributed by atoms with Crippen LogP contribution in [0.25, 0.3) is 11.1 Å². The van der Waals surface area contributed by atoms with Crippen LogP contribution in [-0.2, 0) is 23.2 Å². The Morgan fingerprint density at radius 2 is 1.38 bits per heavy atom. The molecule has 0 heterocycles. The van der Waals surface area contributed by atoms with Crippen molar-refractivity contribution in [1.29, 1.82) is 0 Å². The third kappa shape index (κ3) is 2.97. The minimum absolute atomic E-state index is 0. The molecule has 2 aromatic carbocycles. The summed E-state index contributed by atoms with van der Waals surface area (Å²) in [4.78, 5) is 0. The molecule has 0 radical (unpaired) electrons. The van der Waals surface area contributed by atoms with Crippen molar-refractivity contribution >= 4 is 24.8 Å². The third-order valence-electron chi connectivity index (χ3n) is 3.93. The second kappa shape index (κ2) is 7.10. The predicted octanol–water partition coefficient (Wildman–Crippen LogP) is 5.53. The van der Waals surface area contributed by atoms with E-state index >= 15 is 0 Å². The molecule has 0 bridgehead atoms. The molecule has 21 heavy (non-hydrogen) atoms. The van der Waals surface area contributed by atoms with Crippen LogP contribution in [0.5, 0.6) is 0 Å². The average molecular weight is 394 g/mol. The first-order valence-corrected chi connectivity index (χ1v) is 9.39. The summed E-state index contributed by atoms with van der Waals surface area (Å²) in [5, 5.41) is 0. The monoisotopic (exact) mass is 392 g/mol. The molecule has 106 valence electrons. The van der Waals surface area contributed by atoms with Gasteiger partial charge in [0.25, 0.3) is 0 Å². The van der Waals surface area contributed by atoms with E-state index in [9.17, 15) is 0 Å². The summed E-state index contributed by atoms with van der Waals surface area (Å²) < 4.78 is 2.43. The van der Waals surface area contributed by atoms with Gasteiger partial charge in [0.15, 0.2) is 0 Å². The molecule has 0 aromatic heterocycles. The molecule has 2 aliphatic carbocycles. The zero-order chi connectivity index (χ0) is 12.7. The normalized spacial score (nSPS) is 14.6. The minimum atomic E-state index is -0.570. The topological polar surface area (TPSA) is 0 Å². The van der Waals surface area contributed by atoms with Crippen molar-refractivity contribution < 1.29 is 23.2 Å². The fourth-order valence-electron chi connectivity index (χ4n) is 3.05. The number of allylic oxidation sites excluding steroid dienone is 4. The third-order valence-corrected chi connectivity index (χ3v) is 8.00. The van der Waals surface area contributed by atoms with Crippen LogP contribution >= 0.6 is 24.8 Å². The molecule has 0 fully saturated rings. The molecule has 0 amide bonds. The van der Waals surface area contributed by atoms with E-state index in [1.165, 1.54) is 17.5 Å². The van der Waals surface area contributed by atoms with Gasteiger partial charge >= 0.3 is 126 Å². The van der Waals surface area contributed by atoms with Crippen LogP contribution in [0.4, 0.5) is 0 Å². The van der Waals surface area contributed by atoms with E-state index in [2.05, 4.69) is 66.8 Å². The Morgan fingerprint density at radius 3 is 1.90 bits per heavy atom. The van der Waals surface area contributed by atoms with Crippen LogP contribution in [0.15, 0.2) is 70.0 Å². The van der Waals surface area contributed by atoms with Gasteiger partial charge in [0.1, 0.15) is 0 Å². The minimum Gasteiger partial charge on any atom is -0.147 e. The molecule has 2 aliphatic rings. The summed E-state index contributed by atoms with van der Waals surface area (Å²) in [6.07, 6.45) is 8.08. The molecule has 0 saturated heterocycles. The molecule has 3 heteroatoms.